The predicted octanol–water partition coefficient (Wildman–Crippen LogP) is 4.99. The minimum Gasteiger partial charge on any atom is -0.495 e. The van der Waals surface area contributed by atoms with Gasteiger partial charge in [0.1, 0.15) is 21.5 Å². The van der Waals surface area contributed by atoms with Gasteiger partial charge in [0.2, 0.25) is 11.9 Å². The number of para-hydroxylation sites is 1. The SMILES string of the molecule is C=CC(=O)N[C@H]1CCOC[C@H]1Nc1ncc2c(n1)-c1ccccc1N(c1c(Cl)c(OC)cc(OC)c1Cl)C2. The van der Waals surface area contributed by atoms with E-state index in [-0.39, 0.29) is 18.0 Å². The van der Waals surface area contributed by atoms with Crippen LogP contribution in [0.1, 0.15) is 12.0 Å². The standard InChI is InChI=1S/C27H27Cl2N5O4/c1-4-22(35)31-17-9-10-38-14-18(17)32-27-30-12-15-13-34(19-8-6-5-7-16(19)25(15)33-27)26-23(28)20(36-2)11-21(37-3)24(26)29/h4-8,11-12,17-18H,1,9-10,13-14H2,2-3H3,(H,31,35)(H,30,32,33)/t17-,18+/m0/s1. The number of fused-ring (bicyclic) bond motifs is 3. The molecule has 1 saturated heterocycles. The van der Waals surface area contributed by atoms with Crippen LogP contribution >= 0.6 is 23.2 Å². The van der Waals surface area contributed by atoms with Gasteiger partial charge in [0, 0.05) is 30.0 Å². The Labute approximate surface area is 230 Å². The number of methoxy groups -OCH3 is 2. The number of nitrogens with zero attached hydrogens (tertiary/aromatic N) is 3. The van der Waals surface area contributed by atoms with E-state index in [1.165, 1.54) is 6.08 Å². The molecule has 2 atom stereocenters. The third kappa shape index (κ3) is 4.84. The molecule has 0 spiro atoms. The molecule has 1 amide bonds. The molecule has 0 aliphatic carbocycles. The summed E-state index contributed by atoms with van der Waals surface area (Å²) in [5, 5.41) is 7.06. The summed E-state index contributed by atoms with van der Waals surface area (Å²) in [5.74, 6) is 1.12. The molecule has 38 heavy (non-hydrogen) atoms. The topological polar surface area (TPSA) is 97.8 Å². The fourth-order valence-electron chi connectivity index (χ4n) is 4.76. The molecule has 3 heterocycles. The number of anilines is 3. The molecule has 2 aromatic carbocycles. The summed E-state index contributed by atoms with van der Waals surface area (Å²) in [6, 6.07) is 9.22. The zero-order valence-electron chi connectivity index (χ0n) is 21.0. The Morgan fingerprint density at radius 2 is 1.92 bits per heavy atom. The Morgan fingerprint density at radius 3 is 2.63 bits per heavy atom. The van der Waals surface area contributed by atoms with Gasteiger partial charge >= 0.3 is 0 Å². The Kier molecular flexibility index (Phi) is 7.60. The molecule has 0 radical (unpaired) electrons. The van der Waals surface area contributed by atoms with Gasteiger partial charge in [-0.25, -0.2) is 9.97 Å². The van der Waals surface area contributed by atoms with Crippen LogP contribution in [0.4, 0.5) is 17.3 Å². The zero-order chi connectivity index (χ0) is 26.8. The van der Waals surface area contributed by atoms with Crippen molar-refractivity contribution >= 4 is 46.4 Å². The number of aromatic nitrogens is 2. The number of ether oxygens (including phenoxy) is 3. The first-order valence-electron chi connectivity index (χ1n) is 12.0. The highest BCUT2D eigenvalue weighted by atomic mass is 35.5. The van der Waals surface area contributed by atoms with Gasteiger partial charge in [0.15, 0.2) is 0 Å². The number of rotatable bonds is 7. The second-order valence-electron chi connectivity index (χ2n) is 8.86. The maximum Gasteiger partial charge on any atom is 0.243 e. The van der Waals surface area contributed by atoms with Crippen LogP contribution in [0.25, 0.3) is 11.3 Å². The molecule has 2 aliphatic heterocycles. The normalized spacial score (nSPS) is 18.2. The van der Waals surface area contributed by atoms with E-state index in [1.807, 2.05) is 29.2 Å². The number of carbonyl (C=O) groups excluding carboxylic acids is 1. The van der Waals surface area contributed by atoms with E-state index in [1.54, 1.807) is 26.5 Å². The lowest BCUT2D eigenvalue weighted by atomic mass is 9.98. The number of halogens is 2. The summed E-state index contributed by atoms with van der Waals surface area (Å²) in [6.45, 7) is 4.95. The first-order chi connectivity index (χ1) is 18.4. The molecule has 5 rings (SSSR count). The minimum atomic E-state index is -0.226. The second kappa shape index (κ2) is 11.1. The summed E-state index contributed by atoms with van der Waals surface area (Å²) >= 11 is 13.5. The van der Waals surface area contributed by atoms with Crippen LogP contribution in [0, 0.1) is 0 Å². The minimum absolute atomic E-state index is 0.135. The second-order valence-corrected chi connectivity index (χ2v) is 9.62. The van der Waals surface area contributed by atoms with Gasteiger partial charge in [-0.15, -0.1) is 0 Å². The number of carbonyl (C=O) groups is 1. The van der Waals surface area contributed by atoms with Crippen molar-refractivity contribution in [2.24, 2.45) is 0 Å². The van der Waals surface area contributed by atoms with Crippen molar-refractivity contribution in [1.29, 1.82) is 0 Å². The van der Waals surface area contributed by atoms with E-state index in [9.17, 15) is 4.79 Å². The van der Waals surface area contributed by atoms with Crippen LogP contribution in [0.5, 0.6) is 11.5 Å². The molecule has 2 N–H and O–H groups in total. The molecule has 0 unspecified atom stereocenters. The Bertz CT molecular complexity index is 1360. The molecule has 2 aliphatic rings. The van der Waals surface area contributed by atoms with Crippen molar-refractivity contribution in [2.45, 2.75) is 25.0 Å². The van der Waals surface area contributed by atoms with Crippen molar-refractivity contribution in [3.63, 3.8) is 0 Å². The van der Waals surface area contributed by atoms with E-state index >= 15 is 0 Å². The zero-order valence-corrected chi connectivity index (χ0v) is 22.5. The lowest BCUT2D eigenvalue weighted by Crippen LogP contribution is -2.52. The van der Waals surface area contributed by atoms with Crippen LogP contribution in [-0.4, -0.2) is 55.4 Å². The average Bonchev–Trinajstić information content (AvgIpc) is 2.94. The average molecular weight is 556 g/mol. The molecular formula is C27H27Cl2N5O4. The summed E-state index contributed by atoms with van der Waals surface area (Å²) < 4.78 is 16.6. The smallest absolute Gasteiger partial charge is 0.243 e. The first-order valence-corrected chi connectivity index (χ1v) is 12.8. The van der Waals surface area contributed by atoms with Gasteiger partial charge in [-0.05, 0) is 18.6 Å². The maximum atomic E-state index is 11.9. The van der Waals surface area contributed by atoms with E-state index < -0.39 is 0 Å². The van der Waals surface area contributed by atoms with Crippen molar-refractivity contribution < 1.29 is 19.0 Å². The lowest BCUT2D eigenvalue weighted by Gasteiger charge is -2.35. The quantitative estimate of drug-likeness (QED) is 0.393. The van der Waals surface area contributed by atoms with Crippen LogP contribution in [0.3, 0.4) is 0 Å². The Balaban J connectivity index is 1.51. The van der Waals surface area contributed by atoms with Crippen molar-refractivity contribution in [2.75, 3.05) is 37.7 Å². The summed E-state index contributed by atoms with van der Waals surface area (Å²) in [5.41, 5.74) is 4.02. The molecule has 1 fully saturated rings. The van der Waals surface area contributed by atoms with E-state index in [2.05, 4.69) is 22.2 Å². The molecule has 198 valence electrons. The Morgan fingerprint density at radius 1 is 1.18 bits per heavy atom. The fourth-order valence-corrected chi connectivity index (χ4v) is 5.46. The van der Waals surface area contributed by atoms with Gasteiger partial charge in [0.25, 0.3) is 0 Å². The molecule has 9 nitrogen and oxygen atoms in total. The molecule has 3 aromatic rings. The van der Waals surface area contributed by atoms with Crippen molar-refractivity contribution in [3.8, 4) is 22.8 Å². The number of hydrogen-bond acceptors (Lipinski definition) is 8. The van der Waals surface area contributed by atoms with Crippen molar-refractivity contribution in [1.82, 2.24) is 15.3 Å². The molecular weight excluding hydrogens is 529 g/mol. The van der Waals surface area contributed by atoms with Crippen LogP contribution in [0.2, 0.25) is 10.0 Å². The highest BCUT2D eigenvalue weighted by molar-refractivity contribution is 6.41. The molecule has 11 heteroatoms. The van der Waals surface area contributed by atoms with Gasteiger partial charge in [-0.3, -0.25) is 4.79 Å². The van der Waals surface area contributed by atoms with Gasteiger partial charge in [0.05, 0.1) is 56.5 Å². The first kappa shape index (κ1) is 26.1. The summed E-state index contributed by atoms with van der Waals surface area (Å²) in [7, 11) is 3.09. The third-order valence-corrected chi connectivity index (χ3v) is 7.38. The highest BCUT2D eigenvalue weighted by Crippen LogP contribution is 2.51. The fraction of sp³-hybridized carbons (Fsp3) is 0.296. The number of hydrogen-bond donors (Lipinski definition) is 2. The van der Waals surface area contributed by atoms with Crippen LogP contribution in [-0.2, 0) is 16.1 Å². The van der Waals surface area contributed by atoms with E-state index in [0.29, 0.717) is 59.4 Å². The summed E-state index contributed by atoms with van der Waals surface area (Å²) in [6.07, 6.45) is 3.72. The van der Waals surface area contributed by atoms with Gasteiger partial charge < -0.3 is 29.7 Å². The largest absolute Gasteiger partial charge is 0.495 e. The highest BCUT2D eigenvalue weighted by Gasteiger charge is 2.31. The van der Waals surface area contributed by atoms with Crippen LogP contribution < -0.4 is 25.0 Å². The summed E-state index contributed by atoms with van der Waals surface area (Å²) in [4.78, 5) is 23.4. The lowest BCUT2D eigenvalue weighted by molar-refractivity contribution is -0.117. The maximum absolute atomic E-state index is 11.9. The van der Waals surface area contributed by atoms with E-state index in [4.69, 9.17) is 42.4 Å². The molecule has 1 aromatic heterocycles. The van der Waals surface area contributed by atoms with Gasteiger partial charge in [-0.1, -0.05) is 48.0 Å². The van der Waals surface area contributed by atoms with E-state index in [0.717, 1.165) is 22.5 Å². The predicted molar refractivity (Wildman–Crippen MR) is 148 cm³/mol. The molecule has 0 saturated carbocycles. The molecule has 0 bridgehead atoms. The number of nitrogens with one attached hydrogen (secondary N) is 2. The Hall–Kier alpha value is -3.53. The third-order valence-electron chi connectivity index (χ3n) is 6.65. The van der Waals surface area contributed by atoms with Crippen molar-refractivity contribution in [3.05, 3.63) is 64.8 Å². The van der Waals surface area contributed by atoms with Crippen LogP contribution in [0.15, 0.2) is 49.2 Å². The van der Waals surface area contributed by atoms with Gasteiger partial charge in [-0.2, -0.15) is 0 Å². The number of amides is 1. The monoisotopic (exact) mass is 555 g/mol. The number of benzene rings is 2.